The summed E-state index contributed by atoms with van der Waals surface area (Å²) in [7, 11) is 1.52. The number of hydrogen-bond acceptors (Lipinski definition) is 5. The molecule has 2 heterocycles. The van der Waals surface area contributed by atoms with E-state index >= 15 is 0 Å². The van der Waals surface area contributed by atoms with Crippen molar-refractivity contribution < 1.29 is 14.0 Å². The van der Waals surface area contributed by atoms with E-state index in [1.54, 1.807) is 18.3 Å². The first kappa shape index (κ1) is 21.5. The van der Waals surface area contributed by atoms with E-state index in [0.29, 0.717) is 36.7 Å². The first-order valence-corrected chi connectivity index (χ1v) is 9.99. The Morgan fingerprint density at radius 1 is 1.13 bits per heavy atom. The summed E-state index contributed by atoms with van der Waals surface area (Å²) in [5, 5.41) is 7.89. The van der Waals surface area contributed by atoms with Crippen LogP contribution in [-0.4, -0.2) is 61.6 Å². The normalized spacial score (nSPS) is 14.3. The van der Waals surface area contributed by atoms with Gasteiger partial charge in [-0.15, -0.1) is 0 Å². The van der Waals surface area contributed by atoms with Crippen LogP contribution >= 0.6 is 0 Å². The topological polar surface area (TPSA) is 89.6 Å². The predicted octanol–water partition coefficient (Wildman–Crippen LogP) is 2.04. The number of carbonyl (C=O) groups excluding carboxylic acids is 2. The Labute approximate surface area is 175 Å². The molecule has 1 saturated heterocycles. The third kappa shape index (κ3) is 5.44. The van der Waals surface area contributed by atoms with Crippen molar-refractivity contribution >= 4 is 23.4 Å². The van der Waals surface area contributed by atoms with Gasteiger partial charge in [-0.3, -0.25) is 15.0 Å². The lowest BCUT2D eigenvalue weighted by Crippen LogP contribution is -2.46. The molecule has 1 aliphatic heterocycles. The molecule has 9 heteroatoms. The number of hydrogen-bond donors (Lipinski definition) is 3. The van der Waals surface area contributed by atoms with Crippen molar-refractivity contribution in [1.29, 1.82) is 0 Å². The highest BCUT2D eigenvalue weighted by Crippen LogP contribution is 2.22. The second kappa shape index (κ2) is 10.0. The average molecular weight is 414 g/mol. The van der Waals surface area contributed by atoms with Crippen LogP contribution in [-0.2, 0) is 6.54 Å². The molecule has 1 fully saturated rings. The number of benzene rings is 1. The number of pyridine rings is 1. The number of amides is 3. The highest BCUT2D eigenvalue weighted by atomic mass is 19.1. The molecule has 0 aliphatic carbocycles. The second-order valence-corrected chi connectivity index (χ2v) is 7.04. The number of piperazine rings is 1. The summed E-state index contributed by atoms with van der Waals surface area (Å²) < 4.78 is 14.5. The zero-order valence-corrected chi connectivity index (χ0v) is 17.2. The SMILES string of the molecule is CCNC(=O)Nc1cc(CN2CCN(c3ccc(C(=O)NC)cc3F)CC2)ccn1. The van der Waals surface area contributed by atoms with Crippen LogP contribution < -0.4 is 20.9 Å². The van der Waals surface area contributed by atoms with Gasteiger partial charge in [-0.2, -0.15) is 0 Å². The Hall–Kier alpha value is -3.20. The number of halogens is 1. The van der Waals surface area contributed by atoms with E-state index in [1.807, 2.05) is 24.0 Å². The molecule has 0 saturated carbocycles. The molecule has 0 radical (unpaired) electrons. The van der Waals surface area contributed by atoms with Gasteiger partial charge >= 0.3 is 6.03 Å². The van der Waals surface area contributed by atoms with Gasteiger partial charge in [-0.1, -0.05) is 0 Å². The van der Waals surface area contributed by atoms with E-state index in [1.165, 1.54) is 13.1 Å². The molecule has 160 valence electrons. The van der Waals surface area contributed by atoms with Crippen LogP contribution in [0, 0.1) is 5.82 Å². The number of aromatic nitrogens is 1. The van der Waals surface area contributed by atoms with E-state index in [2.05, 4.69) is 25.8 Å². The fourth-order valence-corrected chi connectivity index (χ4v) is 3.42. The molecule has 1 aromatic carbocycles. The zero-order valence-electron chi connectivity index (χ0n) is 17.2. The van der Waals surface area contributed by atoms with Gasteiger partial charge in [-0.25, -0.2) is 14.2 Å². The summed E-state index contributed by atoms with van der Waals surface area (Å²) in [6.07, 6.45) is 1.68. The highest BCUT2D eigenvalue weighted by molar-refractivity contribution is 5.94. The van der Waals surface area contributed by atoms with E-state index in [0.717, 1.165) is 25.2 Å². The van der Waals surface area contributed by atoms with Gasteiger partial charge in [0.2, 0.25) is 0 Å². The number of carbonyl (C=O) groups is 2. The van der Waals surface area contributed by atoms with E-state index < -0.39 is 0 Å². The van der Waals surface area contributed by atoms with Gasteiger partial charge in [0, 0.05) is 58.1 Å². The first-order chi connectivity index (χ1) is 14.5. The molecule has 8 nitrogen and oxygen atoms in total. The highest BCUT2D eigenvalue weighted by Gasteiger charge is 2.20. The summed E-state index contributed by atoms with van der Waals surface area (Å²) in [5.41, 5.74) is 1.87. The Kier molecular flexibility index (Phi) is 7.18. The van der Waals surface area contributed by atoms with Gasteiger partial charge in [0.15, 0.2) is 0 Å². The molecule has 0 atom stereocenters. The van der Waals surface area contributed by atoms with Crippen LogP contribution in [0.25, 0.3) is 0 Å². The fraction of sp³-hybridized carbons (Fsp3) is 0.381. The van der Waals surface area contributed by atoms with Gasteiger partial charge in [0.1, 0.15) is 11.6 Å². The fourth-order valence-electron chi connectivity index (χ4n) is 3.42. The maximum absolute atomic E-state index is 14.5. The van der Waals surface area contributed by atoms with Crippen molar-refractivity contribution in [2.24, 2.45) is 0 Å². The quantitative estimate of drug-likeness (QED) is 0.673. The second-order valence-electron chi connectivity index (χ2n) is 7.04. The lowest BCUT2D eigenvalue weighted by atomic mass is 10.1. The number of nitrogens with zero attached hydrogens (tertiary/aromatic N) is 3. The van der Waals surface area contributed by atoms with E-state index in [9.17, 15) is 14.0 Å². The molecule has 1 aromatic heterocycles. The minimum absolute atomic E-state index is 0.278. The molecule has 30 heavy (non-hydrogen) atoms. The number of urea groups is 1. The summed E-state index contributed by atoms with van der Waals surface area (Å²) >= 11 is 0. The summed E-state index contributed by atoms with van der Waals surface area (Å²) in [6, 6.07) is 8.09. The molecular formula is C21H27FN6O2. The van der Waals surface area contributed by atoms with Crippen molar-refractivity contribution in [2.45, 2.75) is 13.5 Å². The van der Waals surface area contributed by atoms with Crippen LogP contribution in [0.5, 0.6) is 0 Å². The van der Waals surface area contributed by atoms with Crippen LogP contribution in [0.4, 0.5) is 20.7 Å². The maximum atomic E-state index is 14.5. The summed E-state index contributed by atoms with van der Waals surface area (Å²) in [4.78, 5) is 31.8. The van der Waals surface area contributed by atoms with Gasteiger partial charge in [0.25, 0.3) is 5.91 Å². The monoisotopic (exact) mass is 414 g/mol. The molecule has 0 bridgehead atoms. The average Bonchev–Trinajstić information content (AvgIpc) is 2.74. The predicted molar refractivity (Wildman–Crippen MR) is 114 cm³/mol. The third-order valence-electron chi connectivity index (χ3n) is 4.96. The van der Waals surface area contributed by atoms with Crippen molar-refractivity contribution in [2.75, 3.05) is 50.0 Å². The molecule has 3 rings (SSSR count). The standard InChI is InChI=1S/C21H27FN6O2/c1-3-24-21(30)26-19-12-15(6-7-25-19)14-27-8-10-28(11-9-27)18-5-4-16(13-17(18)22)20(29)23-2/h4-7,12-13H,3,8-11,14H2,1-2H3,(H,23,29)(H2,24,25,26,30). The minimum atomic E-state index is -0.389. The van der Waals surface area contributed by atoms with Gasteiger partial charge in [0.05, 0.1) is 5.69 Å². The first-order valence-electron chi connectivity index (χ1n) is 9.99. The molecule has 0 spiro atoms. The van der Waals surface area contributed by atoms with Crippen molar-refractivity contribution in [3.8, 4) is 0 Å². The number of nitrogens with one attached hydrogen (secondary N) is 3. The van der Waals surface area contributed by atoms with Crippen LogP contribution in [0.2, 0.25) is 0 Å². The smallest absolute Gasteiger partial charge is 0.320 e. The lowest BCUT2D eigenvalue weighted by Gasteiger charge is -2.36. The van der Waals surface area contributed by atoms with Crippen molar-refractivity contribution in [1.82, 2.24) is 20.5 Å². The Morgan fingerprint density at radius 2 is 1.90 bits per heavy atom. The van der Waals surface area contributed by atoms with E-state index in [-0.39, 0.29) is 17.8 Å². The summed E-state index contributed by atoms with van der Waals surface area (Å²) in [6.45, 7) is 6.04. The van der Waals surface area contributed by atoms with Gasteiger partial charge < -0.3 is 15.5 Å². The van der Waals surface area contributed by atoms with Crippen molar-refractivity contribution in [3.05, 3.63) is 53.5 Å². The molecule has 3 amide bonds. The van der Waals surface area contributed by atoms with Crippen molar-refractivity contribution in [3.63, 3.8) is 0 Å². The zero-order chi connectivity index (χ0) is 21.5. The maximum Gasteiger partial charge on any atom is 0.320 e. The Bertz CT molecular complexity index is 899. The van der Waals surface area contributed by atoms with Crippen LogP contribution in [0.3, 0.4) is 0 Å². The molecule has 3 N–H and O–H groups in total. The number of rotatable bonds is 6. The van der Waals surface area contributed by atoms with Gasteiger partial charge in [-0.05, 0) is 42.8 Å². The Morgan fingerprint density at radius 3 is 2.57 bits per heavy atom. The third-order valence-corrected chi connectivity index (χ3v) is 4.96. The Balaban J connectivity index is 1.56. The minimum Gasteiger partial charge on any atom is -0.367 e. The van der Waals surface area contributed by atoms with E-state index in [4.69, 9.17) is 0 Å². The molecular weight excluding hydrogens is 387 g/mol. The summed E-state index contributed by atoms with van der Waals surface area (Å²) in [5.74, 6) is -0.182. The molecule has 0 unspecified atom stereocenters. The number of anilines is 2. The van der Waals surface area contributed by atoms with Crippen LogP contribution in [0.15, 0.2) is 36.5 Å². The molecule has 2 aromatic rings. The lowest BCUT2D eigenvalue weighted by molar-refractivity contribution is 0.0962. The molecule has 1 aliphatic rings. The van der Waals surface area contributed by atoms with Crippen LogP contribution in [0.1, 0.15) is 22.8 Å². The largest absolute Gasteiger partial charge is 0.367 e.